The van der Waals surface area contributed by atoms with Crippen molar-refractivity contribution >= 4 is 38.9 Å². The molecular weight excluding hydrogens is 274 g/mol. The van der Waals surface area contributed by atoms with Crippen LogP contribution in [-0.4, -0.2) is 5.11 Å². The Bertz CT molecular complexity index is 366. The lowest BCUT2D eigenvalue weighted by Gasteiger charge is -2.11. The Kier molecular flexibility index (Phi) is 4.50. The zero-order valence-electron chi connectivity index (χ0n) is 8.67. The van der Waals surface area contributed by atoms with Crippen LogP contribution < -0.4 is 16.6 Å². The molecule has 0 unspecified atom stereocenters. The number of nitrogens with two attached hydrogens (primary N) is 1. The van der Waals surface area contributed by atoms with Gasteiger partial charge in [0.05, 0.1) is 5.69 Å². The topological polar surface area (TPSA) is 50.1 Å². The minimum Gasteiger partial charge on any atom is -0.331 e. The predicted octanol–water partition coefficient (Wildman–Crippen LogP) is 2.73. The first-order valence-corrected chi connectivity index (χ1v) is 5.81. The first-order chi connectivity index (χ1) is 7.04. The first-order valence-electron chi connectivity index (χ1n) is 4.61. The molecule has 0 radical (unpaired) electrons. The Hall–Kier alpha value is -0.650. The van der Waals surface area contributed by atoms with Crippen LogP contribution in [0.25, 0.3) is 0 Å². The second-order valence-corrected chi connectivity index (χ2v) is 4.76. The Morgan fingerprint density at radius 1 is 1.47 bits per heavy atom. The van der Waals surface area contributed by atoms with E-state index in [9.17, 15) is 0 Å². The van der Waals surface area contributed by atoms with Crippen LogP contribution in [0.2, 0.25) is 0 Å². The molecule has 0 amide bonds. The van der Waals surface area contributed by atoms with E-state index in [0.29, 0.717) is 11.0 Å². The quantitative estimate of drug-likeness (QED) is 0.445. The summed E-state index contributed by atoms with van der Waals surface area (Å²) >= 11 is 8.40. The average Bonchev–Trinajstić information content (AvgIpc) is 2.20. The van der Waals surface area contributed by atoms with Gasteiger partial charge in [-0.15, -0.1) is 0 Å². The molecule has 5 heteroatoms. The van der Waals surface area contributed by atoms with Gasteiger partial charge < -0.3 is 10.7 Å². The van der Waals surface area contributed by atoms with Gasteiger partial charge in [0.25, 0.3) is 0 Å². The van der Waals surface area contributed by atoms with Crippen molar-refractivity contribution in [2.24, 2.45) is 5.84 Å². The third-order valence-electron chi connectivity index (χ3n) is 2.04. The zero-order chi connectivity index (χ0) is 11.4. The zero-order valence-corrected chi connectivity index (χ0v) is 11.1. The first kappa shape index (κ1) is 12.4. The fourth-order valence-electron chi connectivity index (χ4n) is 1.15. The normalized spacial score (nSPS) is 10.2. The summed E-state index contributed by atoms with van der Waals surface area (Å²) in [5, 5.41) is 3.37. The second kappa shape index (κ2) is 5.44. The maximum absolute atomic E-state index is 5.18. The molecule has 0 saturated carbocycles. The lowest BCUT2D eigenvalue weighted by Crippen LogP contribution is -2.34. The maximum atomic E-state index is 5.18. The molecule has 0 heterocycles. The fourth-order valence-corrected chi connectivity index (χ4v) is 1.76. The molecule has 0 aliphatic carbocycles. The number of hydrogen-bond donors (Lipinski definition) is 3. The summed E-state index contributed by atoms with van der Waals surface area (Å²) in [7, 11) is 0. The predicted molar refractivity (Wildman–Crippen MR) is 71.8 cm³/mol. The molecule has 0 fully saturated rings. The van der Waals surface area contributed by atoms with Crippen LogP contribution >= 0.6 is 28.1 Å². The molecule has 4 N–H and O–H groups in total. The lowest BCUT2D eigenvalue weighted by atomic mass is 10.0. The van der Waals surface area contributed by atoms with Crippen LogP contribution in [0.5, 0.6) is 0 Å². The van der Waals surface area contributed by atoms with Crippen molar-refractivity contribution in [3.8, 4) is 0 Å². The summed E-state index contributed by atoms with van der Waals surface area (Å²) in [4.78, 5) is 0. The van der Waals surface area contributed by atoms with E-state index in [-0.39, 0.29) is 0 Å². The molecule has 1 aromatic carbocycles. The highest BCUT2D eigenvalue weighted by atomic mass is 79.9. The summed E-state index contributed by atoms with van der Waals surface area (Å²) < 4.78 is 0.978. The minimum atomic E-state index is 0.396. The number of hydrogen-bond acceptors (Lipinski definition) is 2. The third kappa shape index (κ3) is 3.44. The van der Waals surface area contributed by atoms with Crippen LogP contribution in [-0.2, 0) is 0 Å². The van der Waals surface area contributed by atoms with Crippen LogP contribution in [0, 0.1) is 0 Å². The molecule has 0 aliphatic heterocycles. The molecule has 0 spiro atoms. The summed E-state index contributed by atoms with van der Waals surface area (Å²) in [6.07, 6.45) is 0. The van der Waals surface area contributed by atoms with E-state index < -0.39 is 0 Å². The van der Waals surface area contributed by atoms with Gasteiger partial charge in [-0.25, -0.2) is 5.84 Å². The van der Waals surface area contributed by atoms with Crippen molar-refractivity contribution in [3.63, 3.8) is 0 Å². The van der Waals surface area contributed by atoms with Crippen molar-refractivity contribution in [3.05, 3.63) is 28.2 Å². The van der Waals surface area contributed by atoms with Gasteiger partial charge >= 0.3 is 0 Å². The largest absolute Gasteiger partial charge is 0.331 e. The average molecular weight is 288 g/mol. The van der Waals surface area contributed by atoms with Crippen molar-refractivity contribution < 1.29 is 0 Å². The van der Waals surface area contributed by atoms with Gasteiger partial charge in [-0.2, -0.15) is 0 Å². The van der Waals surface area contributed by atoms with Gasteiger partial charge in [0.15, 0.2) is 5.11 Å². The SMILES string of the molecule is CC(C)c1ccc(NC(=S)NN)c(Br)c1. The van der Waals surface area contributed by atoms with Crippen molar-refractivity contribution in [2.75, 3.05) is 5.32 Å². The third-order valence-corrected chi connectivity index (χ3v) is 2.92. The Morgan fingerprint density at radius 2 is 2.13 bits per heavy atom. The van der Waals surface area contributed by atoms with Crippen molar-refractivity contribution in [1.29, 1.82) is 0 Å². The number of benzene rings is 1. The molecule has 1 aromatic rings. The monoisotopic (exact) mass is 287 g/mol. The highest BCUT2D eigenvalue weighted by Crippen LogP contribution is 2.26. The summed E-state index contributed by atoms with van der Waals surface area (Å²) in [6, 6.07) is 6.12. The van der Waals surface area contributed by atoms with E-state index in [4.69, 9.17) is 18.1 Å². The Balaban J connectivity index is 2.88. The van der Waals surface area contributed by atoms with E-state index in [2.05, 4.69) is 52.7 Å². The molecule has 0 aromatic heterocycles. The molecule has 0 bridgehead atoms. The Labute approximate surface area is 104 Å². The number of anilines is 1. The van der Waals surface area contributed by atoms with Gasteiger partial charge in [0.1, 0.15) is 0 Å². The van der Waals surface area contributed by atoms with E-state index in [0.717, 1.165) is 10.2 Å². The number of halogens is 1. The van der Waals surface area contributed by atoms with Crippen molar-refractivity contribution in [1.82, 2.24) is 5.43 Å². The standard InChI is InChI=1S/C10H14BrN3S/c1-6(2)7-3-4-9(8(11)5-7)13-10(15)14-12/h3-6H,12H2,1-2H3,(H2,13,14,15). The molecule has 0 atom stereocenters. The van der Waals surface area contributed by atoms with Gasteiger partial charge in [0, 0.05) is 4.47 Å². The van der Waals surface area contributed by atoms with Crippen LogP contribution in [0.3, 0.4) is 0 Å². The van der Waals surface area contributed by atoms with E-state index in [1.165, 1.54) is 5.56 Å². The van der Waals surface area contributed by atoms with Crippen LogP contribution in [0.4, 0.5) is 5.69 Å². The molecular formula is C10H14BrN3S. The maximum Gasteiger partial charge on any atom is 0.185 e. The number of nitrogens with one attached hydrogen (secondary N) is 2. The molecule has 0 saturated heterocycles. The minimum absolute atomic E-state index is 0.396. The lowest BCUT2D eigenvalue weighted by molar-refractivity contribution is 0.866. The fraction of sp³-hybridized carbons (Fsp3) is 0.300. The van der Waals surface area contributed by atoms with E-state index in [1.807, 2.05) is 6.07 Å². The molecule has 3 nitrogen and oxygen atoms in total. The van der Waals surface area contributed by atoms with Gasteiger partial charge in [-0.05, 0) is 51.8 Å². The van der Waals surface area contributed by atoms with Crippen molar-refractivity contribution in [2.45, 2.75) is 19.8 Å². The number of hydrazine groups is 1. The van der Waals surface area contributed by atoms with E-state index >= 15 is 0 Å². The molecule has 15 heavy (non-hydrogen) atoms. The highest BCUT2D eigenvalue weighted by molar-refractivity contribution is 9.10. The smallest absolute Gasteiger partial charge is 0.185 e. The molecule has 0 aliphatic rings. The molecule has 82 valence electrons. The van der Waals surface area contributed by atoms with E-state index in [1.54, 1.807) is 0 Å². The van der Waals surface area contributed by atoms with Gasteiger partial charge in [-0.1, -0.05) is 19.9 Å². The highest BCUT2D eigenvalue weighted by Gasteiger charge is 2.04. The van der Waals surface area contributed by atoms with Gasteiger partial charge in [0.2, 0.25) is 0 Å². The molecule has 1 rings (SSSR count). The number of thiocarbonyl (C=S) groups is 1. The van der Waals surface area contributed by atoms with Gasteiger partial charge in [-0.3, -0.25) is 0 Å². The van der Waals surface area contributed by atoms with Crippen LogP contribution in [0.15, 0.2) is 22.7 Å². The van der Waals surface area contributed by atoms with Crippen LogP contribution in [0.1, 0.15) is 25.3 Å². The second-order valence-electron chi connectivity index (χ2n) is 3.49. The Morgan fingerprint density at radius 3 is 2.60 bits per heavy atom. The number of rotatable bonds is 2. The summed E-state index contributed by atoms with van der Waals surface area (Å²) in [6.45, 7) is 4.31. The summed E-state index contributed by atoms with van der Waals surface area (Å²) in [5.74, 6) is 5.69. The summed E-state index contributed by atoms with van der Waals surface area (Å²) in [5.41, 5.74) is 4.56.